The van der Waals surface area contributed by atoms with Gasteiger partial charge in [-0.1, -0.05) is 12.1 Å². The van der Waals surface area contributed by atoms with E-state index < -0.39 is 29.7 Å². The zero-order valence-corrected chi connectivity index (χ0v) is 34.0. The summed E-state index contributed by atoms with van der Waals surface area (Å²) >= 11 is 6.68. The molecule has 292 valence electrons. The number of aromatic hydroxyl groups is 1. The number of piperazine rings is 1. The van der Waals surface area contributed by atoms with Crippen LogP contribution in [0, 0.1) is 5.82 Å². The fraction of sp³-hybridized carbons (Fsp3) is 0.462. The van der Waals surface area contributed by atoms with E-state index in [0.29, 0.717) is 79.3 Å². The van der Waals surface area contributed by atoms with Crippen LogP contribution in [-0.2, 0) is 32.0 Å². The lowest BCUT2D eigenvalue weighted by molar-refractivity contribution is -0.137. The second-order valence-corrected chi connectivity index (χ2v) is 15.9. The fourth-order valence-electron chi connectivity index (χ4n) is 6.02. The highest BCUT2D eigenvalue weighted by Crippen LogP contribution is 2.33. The number of nitrogens with one attached hydrogen (secondary N) is 3. The lowest BCUT2D eigenvalue weighted by atomic mass is 10.0. The summed E-state index contributed by atoms with van der Waals surface area (Å²) in [5.74, 6) is -1.43. The van der Waals surface area contributed by atoms with Gasteiger partial charge in [0.15, 0.2) is 0 Å². The molecule has 0 radical (unpaired) electrons. The Morgan fingerprint density at radius 1 is 0.889 bits per heavy atom. The molecule has 2 heterocycles. The van der Waals surface area contributed by atoms with Gasteiger partial charge in [-0.25, -0.2) is 9.18 Å². The minimum Gasteiger partial charge on any atom is -0.506 e. The molecule has 4 rings (SSSR count). The van der Waals surface area contributed by atoms with Crippen molar-refractivity contribution in [2.45, 2.75) is 83.4 Å². The van der Waals surface area contributed by atoms with E-state index in [1.54, 1.807) is 62.3 Å². The maximum Gasteiger partial charge on any atom is 0.407 e. The number of aromatic nitrogens is 1. The largest absolute Gasteiger partial charge is 0.506 e. The number of anilines is 1. The van der Waals surface area contributed by atoms with E-state index in [1.807, 2.05) is 12.1 Å². The molecular formula is C39H49Br2FN6O6. The molecule has 4 amide bonds. The Morgan fingerprint density at radius 2 is 1.54 bits per heavy atom. The first-order chi connectivity index (χ1) is 25.7. The molecule has 12 nitrogen and oxygen atoms in total. The van der Waals surface area contributed by atoms with E-state index in [9.17, 15) is 28.7 Å². The summed E-state index contributed by atoms with van der Waals surface area (Å²) in [5.41, 5.74) is 1.93. The molecule has 1 aromatic heterocycles. The number of hydrogen-bond acceptors (Lipinski definition) is 8. The average Bonchev–Trinajstić information content (AvgIpc) is 3.13. The molecule has 15 heteroatoms. The first-order valence-corrected chi connectivity index (χ1v) is 19.7. The number of aryl methyl sites for hydroxylation is 1. The number of unbranched alkanes of at least 4 members (excludes halogenated alkanes) is 1. The third-order valence-electron chi connectivity index (χ3n) is 8.77. The molecule has 1 saturated heterocycles. The molecule has 0 spiro atoms. The second kappa shape index (κ2) is 20.4. The van der Waals surface area contributed by atoms with Crippen molar-refractivity contribution >= 4 is 61.4 Å². The monoisotopic (exact) mass is 874 g/mol. The van der Waals surface area contributed by atoms with Crippen LogP contribution in [0.5, 0.6) is 5.75 Å². The van der Waals surface area contributed by atoms with Crippen LogP contribution in [0.4, 0.5) is 14.9 Å². The number of pyridine rings is 1. The number of carbonyl (C=O) groups is 4. The van der Waals surface area contributed by atoms with Gasteiger partial charge in [0.25, 0.3) is 0 Å². The topological polar surface area (TPSA) is 153 Å². The molecular weight excluding hydrogens is 827 g/mol. The molecule has 3 aromatic rings. The fourth-order valence-corrected chi connectivity index (χ4v) is 7.30. The molecule has 2 aromatic carbocycles. The van der Waals surface area contributed by atoms with E-state index in [4.69, 9.17) is 4.74 Å². The smallest absolute Gasteiger partial charge is 0.407 e. The van der Waals surface area contributed by atoms with Crippen LogP contribution in [0.3, 0.4) is 0 Å². The highest BCUT2D eigenvalue weighted by Gasteiger charge is 2.31. The molecule has 0 saturated carbocycles. The number of alkyl carbamates (subject to hydrolysis) is 1. The van der Waals surface area contributed by atoms with E-state index in [-0.39, 0.29) is 36.2 Å². The van der Waals surface area contributed by atoms with Gasteiger partial charge >= 0.3 is 6.09 Å². The number of phenolic OH excluding ortho intramolecular Hbond substituents is 1. The lowest BCUT2D eigenvalue weighted by Gasteiger charge is -2.38. The van der Waals surface area contributed by atoms with Crippen LogP contribution >= 0.6 is 31.9 Å². The Morgan fingerprint density at radius 3 is 2.17 bits per heavy atom. The first-order valence-electron chi connectivity index (χ1n) is 18.1. The molecule has 0 bridgehead atoms. The molecule has 1 aliphatic rings. The van der Waals surface area contributed by atoms with Crippen molar-refractivity contribution in [1.29, 1.82) is 0 Å². The standard InChI is InChI=1S/C39H49Br2FN6O6/c1-39(2,3)54-38(53)44-16-5-4-8-32(37(52)48-21-19-47(20-22-48)29-14-17-43-18-15-29)46-36(51)33(25-27-23-30(40)35(50)31(41)24-27)45-34(49)9-6-7-26-10-12-28(42)13-11-26/h10-15,17-18,23-24,32-33,50H,4-9,16,19-22,25H2,1-3H3,(H,44,53)(H,45,49)(H,46,51)/t32-,33+/m0/s1. The van der Waals surface area contributed by atoms with E-state index in [0.717, 1.165) is 11.3 Å². The van der Waals surface area contributed by atoms with E-state index >= 15 is 0 Å². The molecule has 2 atom stereocenters. The Labute approximate surface area is 332 Å². The average molecular weight is 877 g/mol. The van der Waals surface area contributed by atoms with Crippen molar-refractivity contribution < 1.29 is 33.4 Å². The zero-order chi connectivity index (χ0) is 39.3. The van der Waals surface area contributed by atoms with Crippen molar-refractivity contribution in [2.75, 3.05) is 37.6 Å². The van der Waals surface area contributed by atoms with E-state index in [1.165, 1.54) is 12.1 Å². The Bertz CT molecular complexity index is 1700. The number of hydrogen-bond donors (Lipinski definition) is 4. The van der Waals surface area contributed by atoms with Gasteiger partial charge in [0.05, 0.1) is 8.95 Å². The molecule has 1 aliphatic heterocycles. The summed E-state index contributed by atoms with van der Waals surface area (Å²) in [7, 11) is 0. The minimum absolute atomic E-state index is 0.000396. The van der Waals surface area contributed by atoms with Crippen molar-refractivity contribution in [3.63, 3.8) is 0 Å². The first kappa shape index (κ1) is 42.5. The quantitative estimate of drug-likeness (QED) is 0.127. The highest BCUT2D eigenvalue weighted by molar-refractivity contribution is 9.11. The predicted molar refractivity (Wildman–Crippen MR) is 212 cm³/mol. The second-order valence-electron chi connectivity index (χ2n) is 14.2. The third-order valence-corrected chi connectivity index (χ3v) is 9.98. The van der Waals surface area contributed by atoms with Gasteiger partial charge < -0.3 is 35.6 Å². The Kier molecular flexibility index (Phi) is 16.1. The van der Waals surface area contributed by atoms with Crippen LogP contribution in [-0.4, -0.2) is 89.2 Å². The summed E-state index contributed by atoms with van der Waals surface area (Å²) in [6.45, 7) is 7.81. The molecule has 54 heavy (non-hydrogen) atoms. The van der Waals surface area contributed by atoms with Gasteiger partial charge in [-0.15, -0.1) is 0 Å². The molecule has 0 unspecified atom stereocenters. The molecule has 1 fully saturated rings. The third kappa shape index (κ3) is 13.9. The van der Waals surface area contributed by atoms with Crippen molar-refractivity contribution in [2.24, 2.45) is 0 Å². The Balaban J connectivity index is 1.46. The van der Waals surface area contributed by atoms with Crippen LogP contribution in [0.1, 0.15) is 64.0 Å². The van der Waals surface area contributed by atoms with Crippen molar-refractivity contribution in [3.8, 4) is 5.75 Å². The van der Waals surface area contributed by atoms with Crippen molar-refractivity contribution in [1.82, 2.24) is 25.8 Å². The number of carbonyl (C=O) groups excluding carboxylic acids is 4. The predicted octanol–water partition coefficient (Wildman–Crippen LogP) is 6.03. The molecule has 4 N–H and O–H groups in total. The van der Waals surface area contributed by atoms with Crippen molar-refractivity contribution in [3.05, 3.63) is 86.8 Å². The van der Waals surface area contributed by atoms with E-state index in [2.05, 4.69) is 57.7 Å². The summed E-state index contributed by atoms with van der Waals surface area (Å²) in [6.07, 6.45) is 5.53. The number of nitrogens with zero attached hydrogens (tertiary/aromatic N) is 3. The van der Waals surface area contributed by atoms with Crippen LogP contribution in [0.2, 0.25) is 0 Å². The number of ether oxygens (including phenoxy) is 1. The highest BCUT2D eigenvalue weighted by atomic mass is 79.9. The maximum atomic E-state index is 14.1. The normalized spacial score (nSPS) is 14.2. The van der Waals surface area contributed by atoms with Gasteiger partial charge in [-0.05, 0) is 132 Å². The number of amides is 4. The summed E-state index contributed by atoms with van der Waals surface area (Å²) in [6, 6.07) is 11.4. The van der Waals surface area contributed by atoms with Gasteiger partial charge in [-0.2, -0.15) is 0 Å². The number of rotatable bonds is 16. The van der Waals surface area contributed by atoms with Gasteiger partial charge in [-0.3, -0.25) is 19.4 Å². The lowest BCUT2D eigenvalue weighted by Crippen LogP contribution is -2.57. The summed E-state index contributed by atoms with van der Waals surface area (Å²) in [4.78, 5) is 61.6. The zero-order valence-electron chi connectivity index (χ0n) is 30.9. The molecule has 0 aliphatic carbocycles. The van der Waals surface area contributed by atoms with Crippen LogP contribution < -0.4 is 20.9 Å². The SMILES string of the molecule is CC(C)(C)OC(=O)NCCCC[C@H](NC(=O)[C@@H](Cc1cc(Br)c(O)c(Br)c1)NC(=O)CCCc1ccc(F)cc1)C(=O)N1CCN(c2ccncc2)CC1. The number of halogens is 3. The van der Waals surface area contributed by atoms with Gasteiger partial charge in [0, 0.05) is 63.6 Å². The maximum absolute atomic E-state index is 14.1. The summed E-state index contributed by atoms with van der Waals surface area (Å²) in [5, 5.41) is 18.8. The van der Waals surface area contributed by atoms with Gasteiger partial charge in [0.2, 0.25) is 17.7 Å². The summed E-state index contributed by atoms with van der Waals surface area (Å²) < 4.78 is 19.5. The van der Waals surface area contributed by atoms with Gasteiger partial charge in [0.1, 0.15) is 29.3 Å². The minimum atomic E-state index is -1.04. The van der Waals surface area contributed by atoms with Crippen LogP contribution in [0.15, 0.2) is 69.9 Å². The number of benzene rings is 2. The number of phenols is 1. The Hall–Kier alpha value is -4.24. The van der Waals surface area contributed by atoms with Crippen LogP contribution in [0.25, 0.3) is 0 Å².